The standard InChI is InChI=1S/C29H25NO4/c31-28(32)27(17-16-20-10-7-9-19-8-1-2-11-21(19)20)30-29(33)34-18-26-24-14-5-3-12-22(24)23-13-4-6-15-25(23)26/h1-15,26-27H,16-18H2,(H,30,33)(H,31,32)/t27-/m1/s1. The van der Waals surface area contributed by atoms with E-state index in [1.165, 1.54) is 0 Å². The van der Waals surface area contributed by atoms with Crippen molar-refractivity contribution < 1.29 is 19.4 Å². The number of carboxylic acid groups (broad SMARTS) is 1. The van der Waals surface area contributed by atoms with Gasteiger partial charge >= 0.3 is 12.1 Å². The molecule has 2 N–H and O–H groups in total. The summed E-state index contributed by atoms with van der Waals surface area (Å²) in [6, 6.07) is 29.1. The summed E-state index contributed by atoms with van der Waals surface area (Å²) >= 11 is 0. The van der Waals surface area contributed by atoms with Gasteiger partial charge < -0.3 is 15.2 Å². The molecule has 5 heteroatoms. The highest BCUT2D eigenvalue weighted by Crippen LogP contribution is 2.44. The van der Waals surface area contributed by atoms with E-state index in [0.29, 0.717) is 6.42 Å². The maximum atomic E-state index is 12.6. The van der Waals surface area contributed by atoms with Crippen LogP contribution in [0.5, 0.6) is 0 Å². The van der Waals surface area contributed by atoms with Crippen LogP contribution in [0.2, 0.25) is 0 Å². The average molecular weight is 452 g/mol. The molecule has 0 saturated carbocycles. The first-order valence-electron chi connectivity index (χ1n) is 11.4. The number of rotatable bonds is 7. The van der Waals surface area contributed by atoms with Crippen LogP contribution in [-0.4, -0.2) is 29.8 Å². The molecule has 0 saturated heterocycles. The number of ether oxygens (including phenoxy) is 1. The molecule has 170 valence electrons. The van der Waals surface area contributed by atoms with E-state index in [2.05, 4.69) is 17.4 Å². The topological polar surface area (TPSA) is 75.6 Å². The Balaban J connectivity index is 1.24. The SMILES string of the molecule is O=C(N[C@H](CCc1cccc2ccccc12)C(=O)O)OCC1c2ccccc2-c2ccccc21. The van der Waals surface area contributed by atoms with Gasteiger partial charge in [0, 0.05) is 5.92 Å². The Morgan fingerprint density at radius 3 is 2.15 bits per heavy atom. The van der Waals surface area contributed by atoms with E-state index in [9.17, 15) is 14.7 Å². The number of hydrogen-bond acceptors (Lipinski definition) is 3. The average Bonchev–Trinajstić information content (AvgIpc) is 3.19. The number of hydrogen-bond donors (Lipinski definition) is 2. The van der Waals surface area contributed by atoms with Crippen molar-refractivity contribution in [1.29, 1.82) is 0 Å². The van der Waals surface area contributed by atoms with E-state index in [1.54, 1.807) is 0 Å². The number of aryl methyl sites for hydroxylation is 1. The Labute approximate surface area is 198 Å². The van der Waals surface area contributed by atoms with Gasteiger partial charge in [0.15, 0.2) is 0 Å². The minimum atomic E-state index is -1.08. The Kier molecular flexibility index (Phi) is 6.00. The Bertz CT molecular complexity index is 1310. The van der Waals surface area contributed by atoms with Gasteiger partial charge in [0.05, 0.1) is 0 Å². The van der Waals surface area contributed by atoms with Crippen LogP contribution >= 0.6 is 0 Å². The van der Waals surface area contributed by atoms with E-state index in [4.69, 9.17) is 4.74 Å². The van der Waals surface area contributed by atoms with Gasteiger partial charge in [0.25, 0.3) is 0 Å². The summed E-state index contributed by atoms with van der Waals surface area (Å²) in [4.78, 5) is 24.4. The number of aliphatic carboxylic acids is 1. The van der Waals surface area contributed by atoms with E-state index in [1.807, 2.05) is 78.9 Å². The monoisotopic (exact) mass is 451 g/mol. The molecule has 0 spiro atoms. The van der Waals surface area contributed by atoms with E-state index >= 15 is 0 Å². The second-order valence-electron chi connectivity index (χ2n) is 8.54. The van der Waals surface area contributed by atoms with Crippen molar-refractivity contribution in [2.24, 2.45) is 0 Å². The molecule has 0 radical (unpaired) electrons. The normalized spacial score (nSPS) is 13.2. The predicted molar refractivity (Wildman–Crippen MR) is 132 cm³/mol. The number of carbonyl (C=O) groups is 2. The zero-order chi connectivity index (χ0) is 23.5. The summed E-state index contributed by atoms with van der Waals surface area (Å²) in [5.41, 5.74) is 5.57. The van der Waals surface area contributed by atoms with Gasteiger partial charge in [0.2, 0.25) is 0 Å². The molecule has 1 aliphatic carbocycles. The fourth-order valence-corrected chi connectivity index (χ4v) is 4.85. The van der Waals surface area contributed by atoms with Crippen molar-refractivity contribution in [2.45, 2.75) is 24.8 Å². The molecule has 0 unspecified atom stereocenters. The lowest BCUT2D eigenvalue weighted by Gasteiger charge is -2.18. The summed E-state index contributed by atoms with van der Waals surface area (Å²) in [5.74, 6) is -1.15. The smallest absolute Gasteiger partial charge is 0.407 e. The van der Waals surface area contributed by atoms with Crippen LogP contribution in [0.4, 0.5) is 4.79 Å². The summed E-state index contributed by atoms with van der Waals surface area (Å²) in [5, 5.41) is 14.4. The fraction of sp³-hybridized carbons (Fsp3) is 0.172. The Morgan fingerprint density at radius 1 is 0.824 bits per heavy atom. The molecule has 5 nitrogen and oxygen atoms in total. The van der Waals surface area contributed by atoms with Crippen LogP contribution in [0.25, 0.3) is 21.9 Å². The highest BCUT2D eigenvalue weighted by atomic mass is 16.5. The molecular formula is C29H25NO4. The second-order valence-corrected chi connectivity index (χ2v) is 8.54. The van der Waals surface area contributed by atoms with Crippen LogP contribution in [0, 0.1) is 0 Å². The molecule has 0 aliphatic heterocycles. The van der Waals surface area contributed by atoms with Crippen molar-refractivity contribution >= 4 is 22.8 Å². The van der Waals surface area contributed by atoms with E-state index in [0.717, 1.165) is 38.6 Å². The number of fused-ring (bicyclic) bond motifs is 4. The lowest BCUT2D eigenvalue weighted by Crippen LogP contribution is -2.41. The quantitative estimate of drug-likeness (QED) is 0.374. The third-order valence-electron chi connectivity index (χ3n) is 6.52. The van der Waals surface area contributed by atoms with Crippen LogP contribution in [-0.2, 0) is 16.0 Å². The maximum Gasteiger partial charge on any atom is 0.407 e. The van der Waals surface area contributed by atoms with Gasteiger partial charge in [-0.15, -0.1) is 0 Å². The largest absolute Gasteiger partial charge is 0.480 e. The van der Waals surface area contributed by atoms with Gasteiger partial charge in [-0.25, -0.2) is 9.59 Å². The molecule has 0 bridgehead atoms. The van der Waals surface area contributed by atoms with Gasteiger partial charge in [-0.1, -0.05) is 91.0 Å². The summed E-state index contributed by atoms with van der Waals surface area (Å²) < 4.78 is 5.53. The molecule has 1 amide bonds. The molecule has 1 atom stereocenters. The van der Waals surface area contributed by atoms with Gasteiger partial charge in [0.1, 0.15) is 12.6 Å². The van der Waals surface area contributed by atoms with Crippen molar-refractivity contribution in [2.75, 3.05) is 6.61 Å². The molecule has 34 heavy (non-hydrogen) atoms. The van der Waals surface area contributed by atoms with Crippen molar-refractivity contribution in [3.63, 3.8) is 0 Å². The third kappa shape index (κ3) is 4.25. The Morgan fingerprint density at radius 2 is 1.44 bits per heavy atom. The highest BCUT2D eigenvalue weighted by Gasteiger charge is 2.29. The van der Waals surface area contributed by atoms with Gasteiger partial charge in [-0.05, 0) is 51.4 Å². The molecule has 4 aromatic carbocycles. The first-order chi connectivity index (χ1) is 16.6. The number of alkyl carbamates (subject to hydrolysis) is 1. The van der Waals surface area contributed by atoms with Crippen LogP contribution < -0.4 is 5.32 Å². The van der Waals surface area contributed by atoms with E-state index in [-0.39, 0.29) is 18.9 Å². The lowest BCUT2D eigenvalue weighted by molar-refractivity contribution is -0.139. The fourth-order valence-electron chi connectivity index (χ4n) is 4.85. The zero-order valence-electron chi connectivity index (χ0n) is 18.6. The number of amides is 1. The predicted octanol–water partition coefficient (Wildman–Crippen LogP) is 5.76. The summed E-state index contributed by atoms with van der Waals surface area (Å²) in [6.07, 6.45) is 0.0855. The maximum absolute atomic E-state index is 12.6. The highest BCUT2D eigenvalue weighted by molar-refractivity contribution is 5.86. The molecule has 0 fully saturated rings. The van der Waals surface area contributed by atoms with Gasteiger partial charge in [-0.3, -0.25) is 0 Å². The molecule has 4 aromatic rings. The van der Waals surface area contributed by atoms with Crippen LogP contribution in [0.15, 0.2) is 91.0 Å². The number of benzene rings is 4. The summed E-state index contributed by atoms with van der Waals surface area (Å²) in [7, 11) is 0. The van der Waals surface area contributed by atoms with Crippen molar-refractivity contribution in [1.82, 2.24) is 5.32 Å². The minimum absolute atomic E-state index is 0.0721. The molecule has 1 aliphatic rings. The Hall–Kier alpha value is -4.12. The van der Waals surface area contributed by atoms with Gasteiger partial charge in [-0.2, -0.15) is 0 Å². The summed E-state index contributed by atoms with van der Waals surface area (Å²) in [6.45, 7) is 0.148. The third-order valence-corrected chi connectivity index (χ3v) is 6.52. The minimum Gasteiger partial charge on any atom is -0.480 e. The van der Waals surface area contributed by atoms with Crippen LogP contribution in [0.3, 0.4) is 0 Å². The first kappa shape index (κ1) is 21.7. The molecule has 0 aromatic heterocycles. The molecule has 0 heterocycles. The van der Waals surface area contributed by atoms with E-state index < -0.39 is 18.1 Å². The number of carboxylic acids is 1. The molecule has 5 rings (SSSR count). The van der Waals surface area contributed by atoms with Crippen molar-refractivity contribution in [3.05, 3.63) is 108 Å². The van der Waals surface area contributed by atoms with Crippen LogP contribution in [0.1, 0.15) is 29.0 Å². The number of carbonyl (C=O) groups excluding carboxylic acids is 1. The molecular weight excluding hydrogens is 426 g/mol. The van der Waals surface area contributed by atoms with Crippen molar-refractivity contribution in [3.8, 4) is 11.1 Å². The number of nitrogens with one attached hydrogen (secondary N) is 1. The lowest BCUT2D eigenvalue weighted by atomic mass is 9.98. The zero-order valence-corrected chi connectivity index (χ0v) is 18.6. The first-order valence-corrected chi connectivity index (χ1v) is 11.4. The second kappa shape index (κ2) is 9.40.